The summed E-state index contributed by atoms with van der Waals surface area (Å²) in [4.78, 5) is 45.8. The number of hydrogen-bond donors (Lipinski definition) is 4. The van der Waals surface area contributed by atoms with Gasteiger partial charge in [-0.15, -0.1) is 0 Å². The number of amides is 3. The molecule has 23 heavy (non-hydrogen) atoms. The van der Waals surface area contributed by atoms with Crippen molar-refractivity contribution in [1.29, 1.82) is 0 Å². The van der Waals surface area contributed by atoms with Gasteiger partial charge < -0.3 is 26.4 Å². The second-order valence-corrected chi connectivity index (χ2v) is 5.35. The Balaban J connectivity index is 4.26. The zero-order chi connectivity index (χ0) is 17.8. The van der Waals surface area contributed by atoms with E-state index in [2.05, 4.69) is 20.7 Å². The van der Waals surface area contributed by atoms with E-state index >= 15 is 0 Å². The summed E-state index contributed by atoms with van der Waals surface area (Å²) in [6.45, 7) is 3.49. The van der Waals surface area contributed by atoms with Gasteiger partial charge in [0, 0.05) is 6.54 Å². The second-order valence-electron chi connectivity index (χ2n) is 5.35. The van der Waals surface area contributed by atoms with E-state index in [0.717, 1.165) is 0 Å². The average Bonchev–Trinajstić information content (AvgIpc) is 2.50. The van der Waals surface area contributed by atoms with Gasteiger partial charge >= 0.3 is 5.97 Å². The third-order valence-corrected chi connectivity index (χ3v) is 2.85. The van der Waals surface area contributed by atoms with Crippen molar-refractivity contribution in [3.05, 3.63) is 0 Å². The molecule has 0 saturated heterocycles. The number of rotatable bonds is 10. The lowest BCUT2D eigenvalue weighted by Gasteiger charge is -2.19. The van der Waals surface area contributed by atoms with Crippen molar-refractivity contribution in [3.8, 4) is 0 Å². The van der Waals surface area contributed by atoms with Crippen LogP contribution in [0, 0.1) is 5.92 Å². The highest BCUT2D eigenvalue weighted by atomic mass is 16.5. The van der Waals surface area contributed by atoms with Crippen molar-refractivity contribution >= 4 is 23.7 Å². The number of carbonyl (C=O) groups excluding carboxylic acids is 4. The summed E-state index contributed by atoms with van der Waals surface area (Å²) in [5, 5.41) is 7.44. The van der Waals surface area contributed by atoms with Gasteiger partial charge in [-0.1, -0.05) is 13.8 Å². The van der Waals surface area contributed by atoms with Crippen LogP contribution in [0.3, 0.4) is 0 Å². The van der Waals surface area contributed by atoms with Crippen LogP contribution in [0.4, 0.5) is 0 Å². The molecule has 0 rings (SSSR count). The van der Waals surface area contributed by atoms with Gasteiger partial charge in [0.1, 0.15) is 6.04 Å². The number of hydrogen-bond acceptors (Lipinski definition) is 6. The highest BCUT2D eigenvalue weighted by Crippen LogP contribution is 2.04. The highest BCUT2D eigenvalue weighted by Gasteiger charge is 2.21. The Labute approximate surface area is 135 Å². The molecule has 3 amide bonds. The van der Waals surface area contributed by atoms with Crippen LogP contribution in [0.5, 0.6) is 0 Å². The largest absolute Gasteiger partial charge is 0.469 e. The quantitative estimate of drug-likeness (QED) is 0.351. The molecule has 0 aliphatic carbocycles. The first-order chi connectivity index (χ1) is 10.8. The zero-order valence-corrected chi connectivity index (χ0v) is 13.8. The molecule has 0 saturated carbocycles. The summed E-state index contributed by atoms with van der Waals surface area (Å²) in [5.41, 5.74) is 5.22. The van der Waals surface area contributed by atoms with Crippen molar-refractivity contribution in [2.75, 3.05) is 26.7 Å². The molecule has 1 atom stereocenters. The van der Waals surface area contributed by atoms with Gasteiger partial charge in [0.15, 0.2) is 0 Å². The number of ether oxygens (including phenoxy) is 1. The Morgan fingerprint density at radius 3 is 2.26 bits per heavy atom. The van der Waals surface area contributed by atoms with E-state index in [1.54, 1.807) is 0 Å². The lowest BCUT2D eigenvalue weighted by Crippen LogP contribution is -2.50. The smallest absolute Gasteiger partial charge is 0.307 e. The van der Waals surface area contributed by atoms with Gasteiger partial charge in [-0.05, 0) is 12.3 Å². The molecular formula is C14H26N4O5. The van der Waals surface area contributed by atoms with Crippen molar-refractivity contribution in [1.82, 2.24) is 16.0 Å². The molecule has 0 bridgehead atoms. The lowest BCUT2D eigenvalue weighted by atomic mass is 10.0. The molecule has 5 N–H and O–H groups in total. The number of nitrogens with one attached hydrogen (secondary N) is 3. The summed E-state index contributed by atoms with van der Waals surface area (Å²) in [6, 6.07) is -0.742. The molecular weight excluding hydrogens is 304 g/mol. The van der Waals surface area contributed by atoms with Crippen LogP contribution in [0.1, 0.15) is 26.7 Å². The average molecular weight is 330 g/mol. The van der Waals surface area contributed by atoms with Gasteiger partial charge in [-0.3, -0.25) is 19.2 Å². The first-order valence-corrected chi connectivity index (χ1v) is 7.40. The first-order valence-electron chi connectivity index (χ1n) is 7.40. The number of esters is 1. The number of carbonyl (C=O) groups is 4. The summed E-state index contributed by atoms with van der Waals surface area (Å²) < 4.78 is 4.44. The molecule has 9 nitrogen and oxygen atoms in total. The molecule has 0 aromatic rings. The molecule has 0 aliphatic heterocycles. The molecule has 0 fully saturated rings. The van der Waals surface area contributed by atoms with E-state index in [0.29, 0.717) is 6.42 Å². The summed E-state index contributed by atoms with van der Waals surface area (Å²) in [6.07, 6.45) is 0.486. The third-order valence-electron chi connectivity index (χ3n) is 2.85. The minimum Gasteiger partial charge on any atom is -0.469 e. The summed E-state index contributed by atoms with van der Waals surface area (Å²) in [7, 11) is 1.26. The van der Waals surface area contributed by atoms with E-state index in [1.807, 2.05) is 13.8 Å². The Bertz CT molecular complexity index is 425. The maximum absolute atomic E-state index is 12.0. The first kappa shape index (κ1) is 20.8. The molecule has 0 aromatic heterocycles. The monoisotopic (exact) mass is 330 g/mol. The van der Waals surface area contributed by atoms with Crippen LogP contribution >= 0.6 is 0 Å². The summed E-state index contributed by atoms with van der Waals surface area (Å²) >= 11 is 0. The van der Waals surface area contributed by atoms with Gasteiger partial charge in [-0.2, -0.15) is 0 Å². The van der Waals surface area contributed by atoms with Crippen molar-refractivity contribution in [3.63, 3.8) is 0 Å². The van der Waals surface area contributed by atoms with Crippen LogP contribution in [-0.4, -0.2) is 56.5 Å². The normalized spacial score (nSPS) is 11.5. The van der Waals surface area contributed by atoms with Crippen LogP contribution in [-0.2, 0) is 23.9 Å². The van der Waals surface area contributed by atoms with E-state index in [9.17, 15) is 19.2 Å². The van der Waals surface area contributed by atoms with Gasteiger partial charge in [0.05, 0.1) is 26.6 Å². The van der Waals surface area contributed by atoms with Crippen LogP contribution < -0.4 is 21.7 Å². The molecule has 9 heteroatoms. The maximum atomic E-state index is 12.0. The minimum atomic E-state index is -0.742. The van der Waals surface area contributed by atoms with E-state index < -0.39 is 29.7 Å². The Morgan fingerprint density at radius 1 is 1.09 bits per heavy atom. The predicted molar refractivity (Wildman–Crippen MR) is 83.1 cm³/mol. The standard InChI is InChI=1S/C14H26N4O5/c1-9(2)6-10(18-11(19)7-15)14(22)17-8-12(20)16-5-4-13(21)23-3/h9-10H,4-8,15H2,1-3H3,(H,16,20)(H,17,22)(H,18,19). The van der Waals surface area contributed by atoms with Crippen molar-refractivity contribution < 1.29 is 23.9 Å². The summed E-state index contributed by atoms with van der Waals surface area (Å²) in [5.74, 6) is -1.58. The fourth-order valence-corrected chi connectivity index (χ4v) is 1.72. The Hall–Kier alpha value is -2.16. The van der Waals surface area contributed by atoms with Gasteiger partial charge in [0.25, 0.3) is 0 Å². The Kier molecular flexibility index (Phi) is 10.3. The molecule has 0 aromatic carbocycles. The fourth-order valence-electron chi connectivity index (χ4n) is 1.72. The lowest BCUT2D eigenvalue weighted by molar-refractivity contribution is -0.140. The van der Waals surface area contributed by atoms with Crippen LogP contribution in [0.2, 0.25) is 0 Å². The van der Waals surface area contributed by atoms with Crippen molar-refractivity contribution in [2.45, 2.75) is 32.7 Å². The van der Waals surface area contributed by atoms with Gasteiger partial charge in [-0.25, -0.2) is 0 Å². The second kappa shape index (κ2) is 11.4. The minimum absolute atomic E-state index is 0.0543. The number of nitrogens with two attached hydrogens (primary N) is 1. The molecule has 0 radical (unpaired) electrons. The van der Waals surface area contributed by atoms with Crippen LogP contribution in [0.25, 0.3) is 0 Å². The van der Waals surface area contributed by atoms with E-state index in [4.69, 9.17) is 5.73 Å². The predicted octanol–water partition coefficient (Wildman–Crippen LogP) is -1.73. The fraction of sp³-hybridized carbons (Fsp3) is 0.714. The van der Waals surface area contributed by atoms with Crippen molar-refractivity contribution in [2.24, 2.45) is 11.7 Å². The van der Waals surface area contributed by atoms with Gasteiger partial charge in [0.2, 0.25) is 17.7 Å². The molecule has 0 spiro atoms. The Morgan fingerprint density at radius 2 is 1.74 bits per heavy atom. The molecule has 0 heterocycles. The molecule has 132 valence electrons. The maximum Gasteiger partial charge on any atom is 0.307 e. The molecule has 1 unspecified atom stereocenters. The highest BCUT2D eigenvalue weighted by molar-refractivity contribution is 5.90. The van der Waals surface area contributed by atoms with E-state index in [-0.39, 0.29) is 32.0 Å². The zero-order valence-electron chi connectivity index (χ0n) is 13.8. The molecule has 0 aliphatic rings. The third kappa shape index (κ3) is 10.2. The SMILES string of the molecule is COC(=O)CCNC(=O)CNC(=O)C(CC(C)C)NC(=O)CN. The topological polar surface area (TPSA) is 140 Å². The van der Waals surface area contributed by atoms with E-state index in [1.165, 1.54) is 7.11 Å². The number of methoxy groups -OCH3 is 1. The van der Waals surface area contributed by atoms with Crippen LogP contribution in [0.15, 0.2) is 0 Å².